The normalized spacial score (nSPS) is 17.1. The molecule has 0 unspecified atom stereocenters. The first-order chi connectivity index (χ1) is 4.93. The summed E-state index contributed by atoms with van der Waals surface area (Å²) in [5.74, 6) is 3.15. The first-order valence-corrected chi connectivity index (χ1v) is 4.89. The molecule has 1 aliphatic rings. The molecule has 0 nitrogen and oxygen atoms in total. The highest BCUT2D eigenvalue weighted by Gasteiger charge is 1.98. The lowest BCUT2D eigenvalue weighted by molar-refractivity contribution is 0.715. The van der Waals surface area contributed by atoms with Crippen molar-refractivity contribution in [1.29, 1.82) is 0 Å². The van der Waals surface area contributed by atoms with Crippen molar-refractivity contribution < 1.29 is 0 Å². The minimum atomic E-state index is 1.20. The molecule has 0 spiro atoms. The van der Waals surface area contributed by atoms with Crippen LogP contribution in [-0.4, -0.2) is 6.26 Å². The molecule has 0 atom stereocenters. The van der Waals surface area contributed by atoms with Crippen LogP contribution in [0.4, 0.5) is 0 Å². The average Bonchev–Trinajstić information content (AvgIpc) is 2.03. The molecule has 0 amide bonds. The Morgan fingerprint density at radius 3 is 3.00 bits per heavy atom. The molecular formula is C9H12S. The Labute approximate surface area is 67.1 Å². The predicted molar refractivity (Wildman–Crippen MR) is 47.8 cm³/mol. The molecule has 0 bridgehead atoms. The second-order valence-electron chi connectivity index (χ2n) is 2.41. The van der Waals surface area contributed by atoms with E-state index in [1.807, 2.05) is 6.26 Å². The van der Waals surface area contributed by atoms with Gasteiger partial charge in [-0.1, -0.05) is 23.8 Å². The van der Waals surface area contributed by atoms with Gasteiger partial charge < -0.3 is 0 Å². The second-order valence-corrected chi connectivity index (χ2v) is 3.02. The molecule has 0 aliphatic heterocycles. The van der Waals surface area contributed by atoms with Crippen LogP contribution in [0.5, 0.6) is 0 Å². The number of rotatable bonds is 0. The van der Waals surface area contributed by atoms with Crippen LogP contribution in [-0.2, 0) is 0 Å². The highest BCUT2D eigenvalue weighted by Crippen LogP contribution is 2.16. The van der Waals surface area contributed by atoms with Crippen LogP contribution >= 0.6 is 11.8 Å². The Hall–Kier alpha value is -0.350. The van der Waals surface area contributed by atoms with Crippen molar-refractivity contribution in [2.45, 2.75) is 25.7 Å². The van der Waals surface area contributed by atoms with Crippen LogP contribution in [0.1, 0.15) is 25.7 Å². The molecule has 1 rings (SSSR count). The molecule has 0 radical (unpaired) electrons. The Morgan fingerprint density at radius 1 is 1.50 bits per heavy atom. The Balaban J connectivity index is 2.46. The fourth-order valence-corrected chi connectivity index (χ4v) is 1.30. The molecule has 0 aromatic carbocycles. The van der Waals surface area contributed by atoms with E-state index in [9.17, 15) is 0 Å². The first kappa shape index (κ1) is 7.75. The van der Waals surface area contributed by atoms with Gasteiger partial charge in [-0.2, -0.15) is 0 Å². The monoisotopic (exact) mass is 152 g/mol. The molecule has 0 N–H and O–H groups in total. The van der Waals surface area contributed by atoms with Crippen LogP contribution in [0, 0.1) is 11.2 Å². The number of thioether (sulfide) groups is 1. The van der Waals surface area contributed by atoms with E-state index in [4.69, 9.17) is 0 Å². The summed E-state index contributed by atoms with van der Waals surface area (Å²) in [6, 6.07) is 0. The fourth-order valence-electron chi connectivity index (χ4n) is 1.07. The predicted octanol–water partition coefficient (Wildman–Crippen LogP) is 2.81. The Bertz CT molecular complexity index is 181. The Kier molecular flexibility index (Phi) is 3.46. The lowest BCUT2D eigenvalue weighted by Gasteiger charge is -2.05. The highest BCUT2D eigenvalue weighted by atomic mass is 32.2. The lowest BCUT2D eigenvalue weighted by Crippen LogP contribution is -1.87. The van der Waals surface area contributed by atoms with E-state index in [-0.39, 0.29) is 0 Å². The van der Waals surface area contributed by atoms with E-state index < -0.39 is 0 Å². The summed E-state index contributed by atoms with van der Waals surface area (Å²) in [5, 5.41) is 3.02. The minimum absolute atomic E-state index is 1.20. The number of allylic oxidation sites excluding steroid dienone is 2. The van der Waals surface area contributed by atoms with Gasteiger partial charge in [0.1, 0.15) is 0 Å². The van der Waals surface area contributed by atoms with Crippen LogP contribution < -0.4 is 0 Å². The minimum Gasteiger partial charge on any atom is -0.0782 e. The van der Waals surface area contributed by atoms with Crippen molar-refractivity contribution in [2.24, 2.45) is 0 Å². The maximum Gasteiger partial charge on any atom is -0.00106 e. The third-order valence-electron chi connectivity index (χ3n) is 1.60. The molecule has 0 aromatic rings. The van der Waals surface area contributed by atoms with Gasteiger partial charge in [-0.15, -0.1) is 0 Å². The van der Waals surface area contributed by atoms with Crippen molar-refractivity contribution in [3.05, 3.63) is 11.6 Å². The van der Waals surface area contributed by atoms with Crippen LogP contribution in [0.2, 0.25) is 0 Å². The SMILES string of the molecule is CSC#CC1=CCCCC1. The molecule has 1 heteroatoms. The highest BCUT2D eigenvalue weighted by molar-refractivity contribution is 8.03. The molecule has 0 fully saturated rings. The van der Waals surface area contributed by atoms with Crippen LogP contribution in [0.15, 0.2) is 11.6 Å². The van der Waals surface area contributed by atoms with Gasteiger partial charge in [0, 0.05) is 0 Å². The zero-order valence-corrected chi connectivity index (χ0v) is 7.13. The third-order valence-corrected chi connectivity index (χ3v) is 1.91. The van der Waals surface area contributed by atoms with Crippen molar-refractivity contribution >= 4 is 11.8 Å². The van der Waals surface area contributed by atoms with E-state index >= 15 is 0 Å². The van der Waals surface area contributed by atoms with Crippen molar-refractivity contribution in [3.8, 4) is 11.2 Å². The van der Waals surface area contributed by atoms with Crippen molar-refractivity contribution in [2.75, 3.05) is 6.26 Å². The standard InChI is InChI=1S/C9H12S/c1-10-8-7-9-5-3-2-4-6-9/h5H,2-4,6H2,1H3. The first-order valence-electron chi connectivity index (χ1n) is 3.66. The maximum absolute atomic E-state index is 3.15. The zero-order chi connectivity index (χ0) is 7.23. The Morgan fingerprint density at radius 2 is 2.40 bits per heavy atom. The topological polar surface area (TPSA) is 0 Å². The molecule has 0 saturated carbocycles. The summed E-state index contributed by atoms with van der Waals surface area (Å²) in [6.07, 6.45) is 9.40. The molecular weight excluding hydrogens is 140 g/mol. The number of hydrogen-bond donors (Lipinski definition) is 0. The largest absolute Gasteiger partial charge is 0.0782 e. The molecule has 1 aliphatic carbocycles. The van der Waals surface area contributed by atoms with Crippen molar-refractivity contribution in [3.63, 3.8) is 0 Å². The summed E-state index contributed by atoms with van der Waals surface area (Å²) < 4.78 is 0. The van der Waals surface area contributed by atoms with E-state index in [0.29, 0.717) is 0 Å². The average molecular weight is 152 g/mol. The van der Waals surface area contributed by atoms with Gasteiger partial charge in [-0.05, 0) is 42.8 Å². The third kappa shape index (κ3) is 2.49. The quantitative estimate of drug-likeness (QED) is 0.481. The summed E-state index contributed by atoms with van der Waals surface area (Å²) in [7, 11) is 0. The van der Waals surface area contributed by atoms with Gasteiger partial charge in [0.05, 0.1) is 0 Å². The smallest absolute Gasteiger partial charge is 0.00106 e. The second kappa shape index (κ2) is 4.46. The number of hydrogen-bond acceptors (Lipinski definition) is 1. The zero-order valence-electron chi connectivity index (χ0n) is 6.31. The van der Waals surface area contributed by atoms with Gasteiger partial charge in [-0.3, -0.25) is 0 Å². The molecule has 10 heavy (non-hydrogen) atoms. The lowest BCUT2D eigenvalue weighted by atomic mass is 10.0. The van der Waals surface area contributed by atoms with Crippen LogP contribution in [0.3, 0.4) is 0 Å². The van der Waals surface area contributed by atoms with Gasteiger partial charge >= 0.3 is 0 Å². The van der Waals surface area contributed by atoms with E-state index in [1.54, 1.807) is 11.8 Å². The summed E-state index contributed by atoms with van der Waals surface area (Å²) in [5.41, 5.74) is 1.35. The van der Waals surface area contributed by atoms with Gasteiger partial charge in [0.2, 0.25) is 0 Å². The fraction of sp³-hybridized carbons (Fsp3) is 0.556. The van der Waals surface area contributed by atoms with E-state index in [1.165, 1.54) is 31.3 Å². The summed E-state index contributed by atoms with van der Waals surface area (Å²) >= 11 is 1.59. The maximum atomic E-state index is 3.15. The molecule has 0 aromatic heterocycles. The van der Waals surface area contributed by atoms with E-state index in [2.05, 4.69) is 17.2 Å². The van der Waals surface area contributed by atoms with E-state index in [0.717, 1.165) is 0 Å². The molecule has 0 saturated heterocycles. The van der Waals surface area contributed by atoms with Gasteiger partial charge in [0.25, 0.3) is 0 Å². The van der Waals surface area contributed by atoms with Crippen LogP contribution in [0.25, 0.3) is 0 Å². The summed E-state index contributed by atoms with van der Waals surface area (Å²) in [4.78, 5) is 0. The van der Waals surface area contributed by atoms with Gasteiger partial charge in [-0.25, -0.2) is 0 Å². The molecule has 54 valence electrons. The van der Waals surface area contributed by atoms with Gasteiger partial charge in [0.15, 0.2) is 0 Å². The molecule has 0 heterocycles. The van der Waals surface area contributed by atoms with Crippen molar-refractivity contribution in [1.82, 2.24) is 0 Å². The summed E-state index contributed by atoms with van der Waals surface area (Å²) in [6.45, 7) is 0.